The quantitative estimate of drug-likeness (QED) is 0.830. The minimum absolute atomic E-state index is 0.0535. The molecule has 0 atom stereocenters. The smallest absolute Gasteiger partial charge is 0.387 e. The number of nitriles is 1. The van der Waals surface area contributed by atoms with Crippen molar-refractivity contribution in [3.8, 4) is 22.9 Å². The van der Waals surface area contributed by atoms with Crippen molar-refractivity contribution in [2.75, 3.05) is 0 Å². The van der Waals surface area contributed by atoms with Crippen LogP contribution < -0.4 is 4.74 Å². The predicted molar refractivity (Wildman–Crippen MR) is 68.2 cm³/mol. The number of hydrogen-bond acceptors (Lipinski definition) is 2. The number of benzene rings is 2. The molecule has 0 aliphatic heterocycles. The van der Waals surface area contributed by atoms with Crippen LogP contribution in [0.2, 0.25) is 5.02 Å². The number of hydrogen-bond donors (Lipinski definition) is 0. The maximum Gasteiger partial charge on any atom is 0.387 e. The van der Waals surface area contributed by atoms with Crippen LogP contribution in [0.5, 0.6) is 5.75 Å². The fourth-order valence-corrected chi connectivity index (χ4v) is 1.85. The topological polar surface area (TPSA) is 33.0 Å². The Morgan fingerprint density at radius 1 is 1.11 bits per heavy atom. The van der Waals surface area contributed by atoms with Crippen LogP contribution >= 0.6 is 11.6 Å². The van der Waals surface area contributed by atoms with E-state index in [0.717, 1.165) is 5.56 Å². The van der Waals surface area contributed by atoms with E-state index in [1.165, 1.54) is 12.1 Å². The van der Waals surface area contributed by atoms with Gasteiger partial charge in [0.1, 0.15) is 11.8 Å². The summed E-state index contributed by atoms with van der Waals surface area (Å²) in [7, 11) is 0. The molecule has 0 spiro atoms. The molecule has 2 rings (SSSR count). The summed E-state index contributed by atoms with van der Waals surface area (Å²) in [6.07, 6.45) is 0. The van der Waals surface area contributed by atoms with Crippen LogP contribution in [-0.2, 0) is 0 Å². The lowest BCUT2D eigenvalue weighted by atomic mass is 10.0. The summed E-state index contributed by atoms with van der Waals surface area (Å²) in [5, 5.41) is 9.52. The van der Waals surface area contributed by atoms with Gasteiger partial charge in [0.25, 0.3) is 0 Å². The van der Waals surface area contributed by atoms with Crippen molar-refractivity contribution >= 4 is 11.6 Å². The maximum atomic E-state index is 12.2. The van der Waals surface area contributed by atoms with E-state index in [9.17, 15) is 8.78 Å². The van der Waals surface area contributed by atoms with Gasteiger partial charge in [-0.3, -0.25) is 0 Å². The van der Waals surface area contributed by atoms with Gasteiger partial charge in [0, 0.05) is 5.02 Å². The van der Waals surface area contributed by atoms with Gasteiger partial charge in [-0.1, -0.05) is 29.8 Å². The first-order valence-electron chi connectivity index (χ1n) is 5.35. The van der Waals surface area contributed by atoms with Crippen LogP contribution in [-0.4, -0.2) is 6.61 Å². The van der Waals surface area contributed by atoms with Crippen molar-refractivity contribution in [1.29, 1.82) is 5.26 Å². The van der Waals surface area contributed by atoms with Crippen molar-refractivity contribution < 1.29 is 13.5 Å². The molecule has 0 unspecified atom stereocenters. The van der Waals surface area contributed by atoms with Gasteiger partial charge >= 0.3 is 6.61 Å². The standard InChI is InChI=1S/C14H8ClF2NO/c15-12-3-1-2-9(7-12)10-4-5-13(19-14(16)17)11(6-10)8-18/h1-7,14H. The van der Waals surface area contributed by atoms with Crippen LogP contribution in [0.15, 0.2) is 42.5 Å². The van der Waals surface area contributed by atoms with Gasteiger partial charge in [-0.25, -0.2) is 0 Å². The summed E-state index contributed by atoms with van der Waals surface area (Å²) in [6.45, 7) is -2.95. The highest BCUT2D eigenvalue weighted by Crippen LogP contribution is 2.28. The third kappa shape index (κ3) is 3.21. The van der Waals surface area contributed by atoms with Gasteiger partial charge in [-0.15, -0.1) is 0 Å². The Kier molecular flexibility index (Phi) is 3.98. The van der Waals surface area contributed by atoms with Crippen LogP contribution in [0.4, 0.5) is 8.78 Å². The van der Waals surface area contributed by atoms with E-state index < -0.39 is 6.61 Å². The molecule has 2 nitrogen and oxygen atoms in total. The van der Waals surface area contributed by atoms with E-state index in [1.807, 2.05) is 12.1 Å². The predicted octanol–water partition coefficient (Wildman–Crippen LogP) is 4.48. The second-order valence-electron chi connectivity index (χ2n) is 3.71. The fraction of sp³-hybridized carbons (Fsp3) is 0.0714. The molecule has 0 aliphatic carbocycles. The highest BCUT2D eigenvalue weighted by molar-refractivity contribution is 6.30. The van der Waals surface area contributed by atoms with Crippen LogP contribution in [0, 0.1) is 11.3 Å². The molecule has 0 amide bonds. The van der Waals surface area contributed by atoms with Crippen molar-refractivity contribution in [2.24, 2.45) is 0 Å². The lowest BCUT2D eigenvalue weighted by Crippen LogP contribution is -2.03. The van der Waals surface area contributed by atoms with E-state index in [4.69, 9.17) is 16.9 Å². The van der Waals surface area contributed by atoms with Gasteiger partial charge in [-0.2, -0.15) is 14.0 Å². The first kappa shape index (κ1) is 13.3. The molecular formula is C14H8ClF2NO. The molecule has 0 saturated carbocycles. The van der Waals surface area contributed by atoms with Gasteiger partial charge in [-0.05, 0) is 35.4 Å². The summed E-state index contributed by atoms with van der Waals surface area (Å²) >= 11 is 5.88. The zero-order valence-corrected chi connectivity index (χ0v) is 10.4. The van der Waals surface area contributed by atoms with Crippen molar-refractivity contribution in [3.05, 3.63) is 53.1 Å². The highest BCUT2D eigenvalue weighted by atomic mass is 35.5. The zero-order valence-electron chi connectivity index (χ0n) is 9.61. The summed E-state index contributed by atoms with van der Waals surface area (Å²) < 4.78 is 28.6. The number of halogens is 3. The Balaban J connectivity index is 2.42. The minimum Gasteiger partial charge on any atom is -0.433 e. The van der Waals surface area contributed by atoms with Crippen molar-refractivity contribution in [3.63, 3.8) is 0 Å². The van der Waals surface area contributed by atoms with Gasteiger partial charge in [0.2, 0.25) is 0 Å². The second-order valence-corrected chi connectivity index (χ2v) is 4.15. The molecule has 0 fully saturated rings. The Labute approximate surface area is 113 Å². The van der Waals surface area contributed by atoms with E-state index >= 15 is 0 Å². The molecule has 2 aromatic rings. The van der Waals surface area contributed by atoms with Gasteiger partial charge in [0.05, 0.1) is 5.56 Å². The van der Waals surface area contributed by atoms with E-state index in [2.05, 4.69) is 4.74 Å². The molecule has 19 heavy (non-hydrogen) atoms. The molecule has 0 saturated heterocycles. The molecule has 0 aliphatic rings. The minimum atomic E-state index is -2.95. The lowest BCUT2D eigenvalue weighted by molar-refractivity contribution is -0.0500. The Morgan fingerprint density at radius 3 is 2.47 bits per heavy atom. The number of rotatable bonds is 3. The Hall–Kier alpha value is -2.12. The third-order valence-corrected chi connectivity index (χ3v) is 2.71. The molecule has 0 bridgehead atoms. The van der Waals surface area contributed by atoms with Gasteiger partial charge in [0.15, 0.2) is 0 Å². The number of nitrogens with zero attached hydrogens (tertiary/aromatic N) is 1. The fourth-order valence-electron chi connectivity index (χ4n) is 1.66. The molecular weight excluding hydrogens is 272 g/mol. The zero-order chi connectivity index (χ0) is 13.8. The van der Waals surface area contributed by atoms with Crippen molar-refractivity contribution in [2.45, 2.75) is 6.61 Å². The van der Waals surface area contributed by atoms with E-state index in [-0.39, 0.29) is 11.3 Å². The van der Waals surface area contributed by atoms with Crippen LogP contribution in [0.3, 0.4) is 0 Å². The second kappa shape index (κ2) is 5.68. The Bertz CT molecular complexity index is 638. The first-order valence-corrected chi connectivity index (χ1v) is 5.73. The first-order chi connectivity index (χ1) is 9.10. The monoisotopic (exact) mass is 279 g/mol. The third-order valence-electron chi connectivity index (χ3n) is 2.47. The molecule has 0 aromatic heterocycles. The van der Waals surface area contributed by atoms with Crippen LogP contribution in [0.1, 0.15) is 5.56 Å². The SMILES string of the molecule is N#Cc1cc(-c2cccc(Cl)c2)ccc1OC(F)F. The summed E-state index contributed by atoms with van der Waals surface area (Å²) in [4.78, 5) is 0. The van der Waals surface area contributed by atoms with E-state index in [0.29, 0.717) is 10.6 Å². The largest absolute Gasteiger partial charge is 0.433 e. The number of ether oxygens (including phenoxy) is 1. The highest BCUT2D eigenvalue weighted by Gasteiger charge is 2.11. The summed E-state index contributed by atoms with van der Waals surface area (Å²) in [5.74, 6) is -0.136. The average molecular weight is 280 g/mol. The van der Waals surface area contributed by atoms with E-state index in [1.54, 1.807) is 24.3 Å². The Morgan fingerprint density at radius 2 is 1.84 bits per heavy atom. The van der Waals surface area contributed by atoms with Gasteiger partial charge < -0.3 is 4.74 Å². The number of alkyl halides is 2. The normalized spacial score (nSPS) is 10.3. The summed E-state index contributed by atoms with van der Waals surface area (Å²) in [5.41, 5.74) is 1.56. The molecule has 2 aromatic carbocycles. The lowest BCUT2D eigenvalue weighted by Gasteiger charge is -2.08. The maximum absolute atomic E-state index is 12.2. The molecule has 0 heterocycles. The van der Waals surface area contributed by atoms with Crippen molar-refractivity contribution in [1.82, 2.24) is 0 Å². The molecule has 0 N–H and O–H groups in total. The molecule has 0 radical (unpaired) electrons. The average Bonchev–Trinajstić information content (AvgIpc) is 2.38. The summed E-state index contributed by atoms with van der Waals surface area (Å²) in [6, 6.07) is 13.3. The molecule has 5 heteroatoms. The van der Waals surface area contributed by atoms with Crippen LogP contribution in [0.25, 0.3) is 11.1 Å². The molecule has 96 valence electrons.